The smallest absolute Gasteiger partial charge is 0.287 e. The van der Waals surface area contributed by atoms with Crippen molar-refractivity contribution in [1.82, 2.24) is 16.0 Å². The summed E-state index contributed by atoms with van der Waals surface area (Å²) in [5.41, 5.74) is 0. The first-order valence-electron chi connectivity index (χ1n) is 7.31. The average molecular weight is 418 g/mol. The molecule has 6 nitrogen and oxygen atoms in total. The van der Waals surface area contributed by atoms with E-state index in [2.05, 4.69) is 33.1 Å². The SMILES string of the molecule is CCNC(=NCCNC(=O)c1ccco1)NC1CC=CC1.I. The Hall–Kier alpha value is -1.51. The third-order valence-corrected chi connectivity index (χ3v) is 3.11. The molecule has 0 atom stereocenters. The van der Waals surface area contributed by atoms with Crippen molar-refractivity contribution >= 4 is 35.8 Å². The first-order chi connectivity index (χ1) is 10.3. The van der Waals surface area contributed by atoms with Crippen molar-refractivity contribution in [2.24, 2.45) is 4.99 Å². The van der Waals surface area contributed by atoms with E-state index in [0.717, 1.165) is 25.3 Å². The van der Waals surface area contributed by atoms with E-state index in [9.17, 15) is 4.79 Å². The number of nitrogens with one attached hydrogen (secondary N) is 3. The molecular weight excluding hydrogens is 395 g/mol. The van der Waals surface area contributed by atoms with Gasteiger partial charge in [0.1, 0.15) is 0 Å². The largest absolute Gasteiger partial charge is 0.459 e. The average Bonchev–Trinajstić information content (AvgIpc) is 3.16. The summed E-state index contributed by atoms with van der Waals surface area (Å²) in [6, 6.07) is 3.74. The maximum atomic E-state index is 11.7. The molecule has 0 fully saturated rings. The topological polar surface area (TPSA) is 78.7 Å². The van der Waals surface area contributed by atoms with Crippen LogP contribution in [0.1, 0.15) is 30.3 Å². The predicted molar refractivity (Wildman–Crippen MR) is 97.7 cm³/mol. The van der Waals surface area contributed by atoms with Gasteiger partial charge in [0.25, 0.3) is 5.91 Å². The van der Waals surface area contributed by atoms with Crippen LogP contribution in [0.5, 0.6) is 0 Å². The molecule has 0 saturated heterocycles. The van der Waals surface area contributed by atoms with Crippen molar-refractivity contribution in [2.45, 2.75) is 25.8 Å². The predicted octanol–water partition coefficient (Wildman–Crippen LogP) is 1.90. The van der Waals surface area contributed by atoms with E-state index >= 15 is 0 Å². The molecule has 1 amide bonds. The second kappa shape index (κ2) is 10.3. The van der Waals surface area contributed by atoms with Gasteiger partial charge in [0.15, 0.2) is 11.7 Å². The molecule has 0 bridgehead atoms. The fourth-order valence-corrected chi connectivity index (χ4v) is 2.08. The minimum atomic E-state index is -0.215. The van der Waals surface area contributed by atoms with Gasteiger partial charge in [-0.1, -0.05) is 12.2 Å². The minimum absolute atomic E-state index is 0. The van der Waals surface area contributed by atoms with Gasteiger partial charge in [-0.2, -0.15) is 0 Å². The highest BCUT2D eigenvalue weighted by atomic mass is 127. The molecule has 0 unspecified atom stereocenters. The Morgan fingerprint density at radius 2 is 2.14 bits per heavy atom. The number of nitrogens with zero attached hydrogens (tertiary/aromatic N) is 1. The number of guanidine groups is 1. The van der Waals surface area contributed by atoms with Crippen molar-refractivity contribution < 1.29 is 9.21 Å². The maximum Gasteiger partial charge on any atom is 0.287 e. The highest BCUT2D eigenvalue weighted by molar-refractivity contribution is 14.0. The third kappa shape index (κ3) is 6.08. The number of carbonyl (C=O) groups excluding carboxylic acids is 1. The van der Waals surface area contributed by atoms with E-state index in [1.54, 1.807) is 12.1 Å². The van der Waals surface area contributed by atoms with Gasteiger partial charge in [-0.15, -0.1) is 24.0 Å². The van der Waals surface area contributed by atoms with Crippen LogP contribution >= 0.6 is 24.0 Å². The minimum Gasteiger partial charge on any atom is -0.459 e. The molecule has 7 heteroatoms. The van der Waals surface area contributed by atoms with Crippen LogP contribution in [0.25, 0.3) is 0 Å². The zero-order chi connectivity index (χ0) is 14.9. The molecule has 1 aromatic heterocycles. The van der Waals surface area contributed by atoms with Gasteiger partial charge in [-0.05, 0) is 31.9 Å². The van der Waals surface area contributed by atoms with Gasteiger partial charge in [0, 0.05) is 19.1 Å². The van der Waals surface area contributed by atoms with Gasteiger partial charge < -0.3 is 20.4 Å². The van der Waals surface area contributed by atoms with Gasteiger partial charge in [-0.3, -0.25) is 9.79 Å². The van der Waals surface area contributed by atoms with Gasteiger partial charge in [-0.25, -0.2) is 0 Å². The molecular formula is C15H23IN4O2. The summed E-state index contributed by atoms with van der Waals surface area (Å²) in [7, 11) is 0. The molecule has 22 heavy (non-hydrogen) atoms. The molecule has 0 aromatic carbocycles. The van der Waals surface area contributed by atoms with E-state index < -0.39 is 0 Å². The number of amides is 1. The molecule has 1 heterocycles. The molecule has 0 saturated carbocycles. The first kappa shape index (κ1) is 18.5. The van der Waals surface area contributed by atoms with Crippen LogP contribution < -0.4 is 16.0 Å². The van der Waals surface area contributed by atoms with Crippen LogP contribution in [-0.4, -0.2) is 37.5 Å². The summed E-state index contributed by atoms with van der Waals surface area (Å²) in [6.45, 7) is 3.83. The number of furan rings is 1. The summed E-state index contributed by atoms with van der Waals surface area (Å²) in [4.78, 5) is 16.1. The Morgan fingerprint density at radius 3 is 2.77 bits per heavy atom. The Bertz CT molecular complexity index is 492. The first-order valence-corrected chi connectivity index (χ1v) is 7.31. The van der Waals surface area contributed by atoms with Crippen LogP contribution in [0, 0.1) is 0 Å². The number of hydrogen-bond donors (Lipinski definition) is 3. The fraction of sp³-hybridized carbons (Fsp3) is 0.467. The number of hydrogen-bond acceptors (Lipinski definition) is 3. The van der Waals surface area contributed by atoms with Gasteiger partial charge >= 0.3 is 0 Å². The molecule has 3 N–H and O–H groups in total. The highest BCUT2D eigenvalue weighted by Crippen LogP contribution is 2.08. The summed E-state index contributed by atoms with van der Waals surface area (Å²) < 4.78 is 5.02. The summed E-state index contributed by atoms with van der Waals surface area (Å²) in [6.07, 6.45) is 7.88. The van der Waals surface area contributed by atoms with Crippen LogP contribution in [-0.2, 0) is 0 Å². The lowest BCUT2D eigenvalue weighted by molar-refractivity contribution is 0.0927. The van der Waals surface area contributed by atoms with Gasteiger partial charge in [0.2, 0.25) is 0 Å². The lowest BCUT2D eigenvalue weighted by atomic mass is 10.2. The zero-order valence-electron chi connectivity index (χ0n) is 12.7. The molecule has 1 aliphatic carbocycles. The van der Waals surface area contributed by atoms with Gasteiger partial charge in [0.05, 0.1) is 12.8 Å². The monoisotopic (exact) mass is 418 g/mol. The summed E-state index contributed by atoms with van der Waals surface area (Å²) >= 11 is 0. The molecule has 0 spiro atoms. The fourth-order valence-electron chi connectivity index (χ4n) is 2.08. The molecule has 1 aliphatic rings. The van der Waals surface area contributed by atoms with Crippen molar-refractivity contribution in [1.29, 1.82) is 0 Å². The van der Waals surface area contributed by atoms with Crippen molar-refractivity contribution in [3.63, 3.8) is 0 Å². The Kier molecular flexibility index (Phi) is 8.64. The van der Waals surface area contributed by atoms with E-state index in [4.69, 9.17) is 4.42 Å². The summed E-state index contributed by atoms with van der Waals surface area (Å²) in [5.74, 6) is 0.896. The molecule has 122 valence electrons. The molecule has 2 rings (SSSR count). The Morgan fingerprint density at radius 1 is 1.36 bits per heavy atom. The third-order valence-electron chi connectivity index (χ3n) is 3.11. The van der Waals surface area contributed by atoms with Crippen molar-refractivity contribution in [3.8, 4) is 0 Å². The van der Waals surface area contributed by atoms with Crippen LogP contribution in [0.2, 0.25) is 0 Å². The second-order valence-corrected chi connectivity index (χ2v) is 4.78. The molecule has 0 radical (unpaired) electrons. The lowest BCUT2D eigenvalue weighted by Gasteiger charge is -2.16. The normalized spacial score (nSPS) is 14.5. The maximum absolute atomic E-state index is 11.7. The Labute approximate surface area is 147 Å². The number of carbonyl (C=O) groups is 1. The molecule has 0 aliphatic heterocycles. The second-order valence-electron chi connectivity index (χ2n) is 4.78. The number of halogens is 1. The Balaban J connectivity index is 0.00000242. The van der Waals surface area contributed by atoms with E-state index in [1.807, 2.05) is 6.92 Å². The van der Waals surface area contributed by atoms with Crippen molar-refractivity contribution in [3.05, 3.63) is 36.3 Å². The standard InChI is InChI=1S/C15H22N4O2.HI/c1-2-16-15(19-12-6-3-4-7-12)18-10-9-17-14(20)13-8-5-11-21-13;/h3-5,8,11-12H,2,6-7,9-10H2,1H3,(H,17,20)(H2,16,18,19);1H. The quantitative estimate of drug-likeness (QED) is 0.217. The van der Waals surface area contributed by atoms with Crippen LogP contribution in [0.3, 0.4) is 0 Å². The molecule has 1 aromatic rings. The number of aliphatic imine (C=N–C) groups is 1. The number of rotatable bonds is 6. The van der Waals surface area contributed by atoms with Crippen molar-refractivity contribution in [2.75, 3.05) is 19.6 Å². The van der Waals surface area contributed by atoms with Crippen LogP contribution in [0.15, 0.2) is 40.0 Å². The highest BCUT2D eigenvalue weighted by Gasteiger charge is 2.11. The van der Waals surface area contributed by atoms with Crippen LogP contribution in [0.4, 0.5) is 0 Å². The zero-order valence-corrected chi connectivity index (χ0v) is 15.0. The van der Waals surface area contributed by atoms with E-state index in [0.29, 0.717) is 24.9 Å². The van der Waals surface area contributed by atoms with E-state index in [-0.39, 0.29) is 29.9 Å². The van der Waals surface area contributed by atoms with E-state index in [1.165, 1.54) is 6.26 Å². The summed E-state index contributed by atoms with van der Waals surface area (Å²) in [5, 5.41) is 9.35. The lowest BCUT2D eigenvalue weighted by Crippen LogP contribution is -2.42.